The van der Waals surface area contributed by atoms with E-state index in [1.54, 1.807) is 0 Å². The molecule has 2 rings (SSSR count). The number of amides is 1. The lowest BCUT2D eigenvalue weighted by Crippen LogP contribution is -2.41. The summed E-state index contributed by atoms with van der Waals surface area (Å²) in [6, 6.07) is 9.83. The number of hydrogen-bond acceptors (Lipinski definition) is 1. The van der Waals surface area contributed by atoms with Crippen LogP contribution in [0.3, 0.4) is 0 Å². The minimum atomic E-state index is 0.0795. The van der Waals surface area contributed by atoms with Gasteiger partial charge >= 0.3 is 0 Å². The Labute approximate surface area is 96.6 Å². The lowest BCUT2D eigenvalue weighted by atomic mass is 9.92. The van der Waals surface area contributed by atoms with Crippen LogP contribution in [0.5, 0.6) is 0 Å². The van der Waals surface area contributed by atoms with Gasteiger partial charge in [0.2, 0.25) is 0 Å². The van der Waals surface area contributed by atoms with E-state index in [0.29, 0.717) is 5.92 Å². The topological polar surface area (TPSA) is 20.3 Å². The van der Waals surface area contributed by atoms with Crippen LogP contribution in [0.1, 0.15) is 19.8 Å². The highest BCUT2D eigenvalue weighted by Gasteiger charge is 2.28. The Balaban J connectivity index is 2.25. The van der Waals surface area contributed by atoms with Crippen LogP contribution in [0.25, 0.3) is 0 Å². The first-order chi connectivity index (χ1) is 7.72. The summed E-state index contributed by atoms with van der Waals surface area (Å²) >= 11 is 0. The maximum absolute atomic E-state index is 12.0. The molecule has 1 fully saturated rings. The molecule has 1 heterocycles. The van der Waals surface area contributed by atoms with Gasteiger partial charge in [0.05, 0.1) is 0 Å². The molecule has 1 aromatic rings. The third-order valence-corrected chi connectivity index (χ3v) is 3.17. The molecule has 0 spiro atoms. The van der Waals surface area contributed by atoms with Gasteiger partial charge in [0, 0.05) is 17.8 Å². The molecular weight excluding hydrogens is 198 g/mol. The highest BCUT2D eigenvalue weighted by molar-refractivity contribution is 6.06. The lowest BCUT2D eigenvalue weighted by Gasteiger charge is -2.33. The number of anilines is 1. The van der Waals surface area contributed by atoms with Gasteiger partial charge in [0.15, 0.2) is 0 Å². The molecule has 1 atom stereocenters. The zero-order valence-electron chi connectivity index (χ0n) is 9.65. The summed E-state index contributed by atoms with van der Waals surface area (Å²) in [6.45, 7) is 6.86. The average molecular weight is 215 g/mol. The fourth-order valence-corrected chi connectivity index (χ4v) is 2.14. The van der Waals surface area contributed by atoms with Gasteiger partial charge in [-0.15, -0.1) is 0 Å². The highest BCUT2D eigenvalue weighted by Crippen LogP contribution is 2.27. The molecule has 2 nitrogen and oxygen atoms in total. The molecule has 2 heteroatoms. The number of carbonyl (C=O) groups is 1. The van der Waals surface area contributed by atoms with E-state index in [-0.39, 0.29) is 5.91 Å². The van der Waals surface area contributed by atoms with E-state index >= 15 is 0 Å². The number of rotatable bonds is 2. The van der Waals surface area contributed by atoms with Gasteiger partial charge in [-0.1, -0.05) is 38.1 Å². The predicted molar refractivity (Wildman–Crippen MR) is 66.3 cm³/mol. The summed E-state index contributed by atoms with van der Waals surface area (Å²) < 4.78 is 0. The van der Waals surface area contributed by atoms with Crippen molar-refractivity contribution in [2.75, 3.05) is 11.4 Å². The Hall–Kier alpha value is -1.57. The molecule has 0 aliphatic carbocycles. The zero-order valence-corrected chi connectivity index (χ0v) is 9.65. The molecule has 1 aliphatic rings. The van der Waals surface area contributed by atoms with Crippen molar-refractivity contribution in [3.05, 3.63) is 42.5 Å². The van der Waals surface area contributed by atoms with Crippen molar-refractivity contribution in [3.63, 3.8) is 0 Å². The monoisotopic (exact) mass is 215 g/mol. The zero-order chi connectivity index (χ0) is 11.5. The molecular formula is C14H17NO. The Bertz CT molecular complexity index is 396. The van der Waals surface area contributed by atoms with E-state index in [1.807, 2.05) is 35.2 Å². The van der Waals surface area contributed by atoms with Crippen molar-refractivity contribution >= 4 is 11.6 Å². The molecule has 0 N–H and O–H groups in total. The molecule has 0 bridgehead atoms. The third kappa shape index (κ3) is 2.01. The van der Waals surface area contributed by atoms with Crippen molar-refractivity contribution in [1.82, 2.24) is 0 Å². The summed E-state index contributed by atoms with van der Waals surface area (Å²) in [5, 5.41) is 0. The first-order valence-corrected chi connectivity index (χ1v) is 5.77. The molecule has 1 saturated heterocycles. The second-order valence-corrected chi connectivity index (χ2v) is 4.33. The van der Waals surface area contributed by atoms with Crippen LogP contribution in [-0.4, -0.2) is 12.5 Å². The van der Waals surface area contributed by atoms with Crippen LogP contribution in [-0.2, 0) is 4.79 Å². The van der Waals surface area contributed by atoms with Crippen LogP contribution in [0, 0.1) is 5.92 Å². The van der Waals surface area contributed by atoms with Crippen LogP contribution in [0.4, 0.5) is 5.69 Å². The Morgan fingerprint density at radius 1 is 1.38 bits per heavy atom. The first kappa shape index (κ1) is 10.9. The summed E-state index contributed by atoms with van der Waals surface area (Å²) in [5.41, 5.74) is 1.72. The maximum atomic E-state index is 12.0. The number of para-hydroxylation sites is 1. The molecule has 0 saturated carbocycles. The Kier molecular flexibility index (Phi) is 3.09. The summed E-state index contributed by atoms with van der Waals surface area (Å²) in [5.74, 6) is 0.626. The van der Waals surface area contributed by atoms with Crippen molar-refractivity contribution in [1.29, 1.82) is 0 Å². The fourth-order valence-electron chi connectivity index (χ4n) is 2.14. The van der Waals surface area contributed by atoms with Gasteiger partial charge in [-0.2, -0.15) is 0 Å². The van der Waals surface area contributed by atoms with Gasteiger partial charge in [0.25, 0.3) is 5.91 Å². The van der Waals surface area contributed by atoms with E-state index in [2.05, 4.69) is 13.5 Å². The summed E-state index contributed by atoms with van der Waals surface area (Å²) in [7, 11) is 0. The molecule has 1 aromatic carbocycles. The molecule has 0 aromatic heterocycles. The third-order valence-electron chi connectivity index (χ3n) is 3.17. The van der Waals surface area contributed by atoms with Gasteiger partial charge in [-0.25, -0.2) is 0 Å². The molecule has 0 unspecified atom stereocenters. The Morgan fingerprint density at radius 3 is 2.69 bits per heavy atom. The van der Waals surface area contributed by atoms with Crippen LogP contribution in [0.15, 0.2) is 42.5 Å². The van der Waals surface area contributed by atoms with Crippen LogP contribution >= 0.6 is 0 Å². The predicted octanol–water partition coefficient (Wildman–Crippen LogP) is 3.01. The fraction of sp³-hybridized carbons (Fsp3) is 0.357. The van der Waals surface area contributed by atoms with E-state index in [0.717, 1.165) is 30.6 Å². The first-order valence-electron chi connectivity index (χ1n) is 5.77. The summed E-state index contributed by atoms with van der Waals surface area (Å²) in [6.07, 6.45) is 1.94. The van der Waals surface area contributed by atoms with Crippen molar-refractivity contribution in [3.8, 4) is 0 Å². The molecule has 0 radical (unpaired) electrons. The SMILES string of the molecule is C=C1C[C@@H](CC)CN(c2ccccc2)C1=O. The highest BCUT2D eigenvalue weighted by atomic mass is 16.2. The normalized spacial score (nSPS) is 21.3. The maximum Gasteiger partial charge on any atom is 0.253 e. The van der Waals surface area contributed by atoms with Crippen molar-refractivity contribution < 1.29 is 4.79 Å². The number of nitrogens with zero attached hydrogens (tertiary/aromatic N) is 1. The van der Waals surface area contributed by atoms with E-state index in [1.165, 1.54) is 0 Å². The molecule has 84 valence electrons. The average Bonchev–Trinajstić information content (AvgIpc) is 2.33. The minimum absolute atomic E-state index is 0.0795. The van der Waals surface area contributed by atoms with Gasteiger partial charge < -0.3 is 4.90 Å². The quantitative estimate of drug-likeness (QED) is 0.694. The lowest BCUT2D eigenvalue weighted by molar-refractivity contribution is -0.116. The largest absolute Gasteiger partial charge is 0.308 e. The number of hydrogen-bond donors (Lipinski definition) is 0. The molecule has 16 heavy (non-hydrogen) atoms. The number of carbonyl (C=O) groups excluding carboxylic acids is 1. The molecule has 1 amide bonds. The van der Waals surface area contributed by atoms with Crippen molar-refractivity contribution in [2.24, 2.45) is 5.92 Å². The standard InChI is InChI=1S/C14H17NO/c1-3-12-9-11(2)14(16)15(10-12)13-7-5-4-6-8-13/h4-8,12H,2-3,9-10H2,1H3/t12-/m1/s1. The van der Waals surface area contributed by atoms with Gasteiger partial charge in [-0.3, -0.25) is 4.79 Å². The van der Waals surface area contributed by atoms with E-state index in [4.69, 9.17) is 0 Å². The number of benzene rings is 1. The van der Waals surface area contributed by atoms with Gasteiger partial charge in [-0.05, 0) is 24.5 Å². The number of piperidine rings is 1. The second-order valence-electron chi connectivity index (χ2n) is 4.33. The van der Waals surface area contributed by atoms with Crippen LogP contribution < -0.4 is 4.90 Å². The summed E-state index contributed by atoms with van der Waals surface area (Å²) in [4.78, 5) is 13.9. The van der Waals surface area contributed by atoms with Crippen LogP contribution in [0.2, 0.25) is 0 Å². The van der Waals surface area contributed by atoms with E-state index in [9.17, 15) is 4.79 Å². The second kappa shape index (κ2) is 4.52. The van der Waals surface area contributed by atoms with Gasteiger partial charge in [0.1, 0.15) is 0 Å². The van der Waals surface area contributed by atoms with Crippen molar-refractivity contribution in [2.45, 2.75) is 19.8 Å². The minimum Gasteiger partial charge on any atom is -0.308 e. The smallest absolute Gasteiger partial charge is 0.253 e. The Morgan fingerprint density at radius 2 is 2.06 bits per heavy atom. The molecule has 1 aliphatic heterocycles. The van der Waals surface area contributed by atoms with E-state index < -0.39 is 0 Å².